The van der Waals surface area contributed by atoms with Crippen molar-refractivity contribution in [3.63, 3.8) is 0 Å². The Hall–Kier alpha value is -2.04. The monoisotopic (exact) mass is 221 g/mol. The third-order valence-electron chi connectivity index (χ3n) is 2.51. The van der Waals surface area contributed by atoms with E-state index in [1.165, 1.54) is 6.92 Å². The van der Waals surface area contributed by atoms with Gasteiger partial charge in [0.1, 0.15) is 6.04 Å². The standard InChI is InChI=1S/C11H11NO4/c1-6-3-4-8-9(5-6)16-11(15)12(8)7(2)10(13)14/h3-5,7H,1-2H3,(H,13,14). The molecule has 1 heterocycles. The minimum absolute atomic E-state index is 0.415. The second kappa shape index (κ2) is 3.52. The summed E-state index contributed by atoms with van der Waals surface area (Å²) in [5.74, 6) is -1.71. The van der Waals surface area contributed by atoms with Crippen LogP contribution in [0.15, 0.2) is 27.4 Å². The lowest BCUT2D eigenvalue weighted by Gasteiger charge is -2.06. The highest BCUT2D eigenvalue weighted by Gasteiger charge is 2.20. The summed E-state index contributed by atoms with van der Waals surface area (Å²) in [5, 5.41) is 8.89. The molecule has 0 saturated carbocycles. The van der Waals surface area contributed by atoms with Crippen LogP contribution in [-0.4, -0.2) is 15.6 Å². The fourth-order valence-electron chi connectivity index (χ4n) is 1.62. The molecule has 1 unspecified atom stereocenters. The Morgan fingerprint density at radius 1 is 1.50 bits per heavy atom. The van der Waals surface area contributed by atoms with E-state index in [9.17, 15) is 9.59 Å². The van der Waals surface area contributed by atoms with Crippen LogP contribution in [0.25, 0.3) is 11.1 Å². The summed E-state index contributed by atoms with van der Waals surface area (Å²) >= 11 is 0. The minimum Gasteiger partial charge on any atom is -0.480 e. The molecule has 0 fully saturated rings. The number of hydrogen-bond acceptors (Lipinski definition) is 3. The topological polar surface area (TPSA) is 72.4 Å². The van der Waals surface area contributed by atoms with E-state index in [2.05, 4.69) is 0 Å². The molecule has 2 aromatic rings. The molecule has 0 spiro atoms. The Morgan fingerprint density at radius 2 is 2.19 bits per heavy atom. The highest BCUT2D eigenvalue weighted by atomic mass is 16.4. The smallest absolute Gasteiger partial charge is 0.420 e. The molecule has 0 aliphatic carbocycles. The number of hydrogen-bond donors (Lipinski definition) is 1. The van der Waals surface area contributed by atoms with Crippen molar-refractivity contribution in [2.75, 3.05) is 0 Å². The van der Waals surface area contributed by atoms with Crippen LogP contribution < -0.4 is 5.76 Å². The molecule has 1 aromatic heterocycles. The Balaban J connectivity index is 2.74. The zero-order valence-electron chi connectivity index (χ0n) is 8.93. The Labute approximate surface area is 90.9 Å². The lowest BCUT2D eigenvalue weighted by atomic mass is 10.2. The van der Waals surface area contributed by atoms with Gasteiger partial charge in [-0.2, -0.15) is 0 Å². The van der Waals surface area contributed by atoms with E-state index in [0.717, 1.165) is 10.1 Å². The van der Waals surface area contributed by atoms with E-state index in [-0.39, 0.29) is 0 Å². The number of aliphatic carboxylic acids is 1. The summed E-state index contributed by atoms with van der Waals surface area (Å²) < 4.78 is 6.13. The van der Waals surface area contributed by atoms with E-state index in [1.54, 1.807) is 12.1 Å². The molecule has 1 aromatic carbocycles. The van der Waals surface area contributed by atoms with E-state index >= 15 is 0 Å². The predicted molar refractivity (Wildman–Crippen MR) is 57.6 cm³/mol. The summed E-state index contributed by atoms with van der Waals surface area (Å²) in [6, 6.07) is 4.27. The molecule has 1 atom stereocenters. The average molecular weight is 221 g/mol. The molecule has 0 amide bonds. The molecule has 2 rings (SSSR count). The lowest BCUT2D eigenvalue weighted by Crippen LogP contribution is -2.24. The first-order chi connectivity index (χ1) is 7.50. The summed E-state index contributed by atoms with van der Waals surface area (Å²) in [6.45, 7) is 3.32. The minimum atomic E-state index is -1.06. The van der Waals surface area contributed by atoms with Gasteiger partial charge in [-0.1, -0.05) is 6.07 Å². The highest BCUT2D eigenvalue weighted by molar-refractivity contribution is 5.78. The van der Waals surface area contributed by atoms with Gasteiger partial charge < -0.3 is 9.52 Å². The number of rotatable bonds is 2. The van der Waals surface area contributed by atoms with Crippen LogP contribution in [-0.2, 0) is 4.79 Å². The summed E-state index contributed by atoms with van der Waals surface area (Å²) in [7, 11) is 0. The Kier molecular flexibility index (Phi) is 2.30. The van der Waals surface area contributed by atoms with E-state index in [0.29, 0.717) is 11.1 Å². The zero-order chi connectivity index (χ0) is 11.9. The van der Waals surface area contributed by atoms with Crippen LogP contribution in [0.5, 0.6) is 0 Å². The SMILES string of the molecule is Cc1ccc2c(c1)oc(=O)n2C(C)C(=O)O. The number of carboxylic acids is 1. The van der Waals surface area contributed by atoms with Crippen molar-refractivity contribution in [2.24, 2.45) is 0 Å². The second-order valence-electron chi connectivity index (χ2n) is 3.72. The number of aryl methyl sites for hydroxylation is 1. The third-order valence-corrected chi connectivity index (χ3v) is 2.51. The molecule has 5 heteroatoms. The number of aromatic nitrogens is 1. The lowest BCUT2D eigenvalue weighted by molar-refractivity contribution is -0.140. The van der Waals surface area contributed by atoms with Crippen molar-refractivity contribution < 1.29 is 14.3 Å². The maximum Gasteiger partial charge on any atom is 0.420 e. The maximum absolute atomic E-state index is 11.5. The molecule has 0 aliphatic rings. The van der Waals surface area contributed by atoms with Crippen LogP contribution in [0.2, 0.25) is 0 Å². The van der Waals surface area contributed by atoms with Crippen molar-refractivity contribution in [2.45, 2.75) is 19.9 Å². The van der Waals surface area contributed by atoms with Crippen molar-refractivity contribution in [3.05, 3.63) is 34.3 Å². The second-order valence-corrected chi connectivity index (χ2v) is 3.72. The van der Waals surface area contributed by atoms with Gasteiger partial charge >= 0.3 is 11.7 Å². The molecule has 84 valence electrons. The van der Waals surface area contributed by atoms with Crippen molar-refractivity contribution in [3.8, 4) is 0 Å². The highest BCUT2D eigenvalue weighted by Crippen LogP contribution is 2.18. The molecule has 0 radical (unpaired) electrons. The van der Waals surface area contributed by atoms with Crippen molar-refractivity contribution in [1.82, 2.24) is 4.57 Å². The number of fused-ring (bicyclic) bond motifs is 1. The van der Waals surface area contributed by atoms with Crippen LogP contribution in [0.4, 0.5) is 0 Å². The predicted octanol–water partition coefficient (Wildman–Crippen LogP) is 1.55. The fraction of sp³-hybridized carbons (Fsp3) is 0.273. The van der Waals surface area contributed by atoms with Gasteiger partial charge in [0.2, 0.25) is 0 Å². The molecule has 0 aliphatic heterocycles. The van der Waals surface area contributed by atoms with Crippen LogP contribution >= 0.6 is 0 Å². The normalized spacial score (nSPS) is 12.9. The average Bonchev–Trinajstić information content (AvgIpc) is 2.51. The van der Waals surface area contributed by atoms with Crippen molar-refractivity contribution >= 4 is 17.1 Å². The summed E-state index contributed by atoms with van der Waals surface area (Å²) in [6.07, 6.45) is 0. The van der Waals surface area contributed by atoms with Crippen LogP contribution in [0.1, 0.15) is 18.5 Å². The molecular weight excluding hydrogens is 210 g/mol. The number of nitrogens with zero attached hydrogens (tertiary/aromatic N) is 1. The van der Waals surface area contributed by atoms with E-state index in [1.807, 2.05) is 13.0 Å². The van der Waals surface area contributed by atoms with Gasteiger partial charge in [0.15, 0.2) is 5.58 Å². The number of benzene rings is 1. The van der Waals surface area contributed by atoms with Gasteiger partial charge in [0.25, 0.3) is 0 Å². The first-order valence-corrected chi connectivity index (χ1v) is 4.85. The molecule has 1 N–H and O–H groups in total. The quantitative estimate of drug-likeness (QED) is 0.835. The molecular formula is C11H11NO4. The Bertz CT molecular complexity index is 608. The number of carbonyl (C=O) groups is 1. The van der Waals surface area contributed by atoms with Gasteiger partial charge in [0.05, 0.1) is 5.52 Å². The van der Waals surface area contributed by atoms with Crippen molar-refractivity contribution in [1.29, 1.82) is 0 Å². The number of oxazole rings is 1. The maximum atomic E-state index is 11.5. The van der Waals surface area contributed by atoms with Gasteiger partial charge in [0, 0.05) is 0 Å². The van der Waals surface area contributed by atoms with Crippen LogP contribution in [0, 0.1) is 6.92 Å². The summed E-state index contributed by atoms with van der Waals surface area (Å²) in [4.78, 5) is 22.4. The first-order valence-electron chi connectivity index (χ1n) is 4.85. The van der Waals surface area contributed by atoms with Gasteiger partial charge in [-0.3, -0.25) is 4.57 Å². The van der Waals surface area contributed by atoms with E-state index in [4.69, 9.17) is 9.52 Å². The molecule has 0 saturated heterocycles. The first kappa shape index (κ1) is 10.5. The van der Waals surface area contributed by atoms with E-state index < -0.39 is 17.8 Å². The Morgan fingerprint density at radius 3 is 2.81 bits per heavy atom. The van der Waals surface area contributed by atoms with Gasteiger partial charge in [-0.05, 0) is 31.5 Å². The third kappa shape index (κ3) is 1.50. The van der Waals surface area contributed by atoms with Gasteiger partial charge in [-0.25, -0.2) is 9.59 Å². The summed E-state index contributed by atoms with van der Waals surface area (Å²) in [5.41, 5.74) is 1.87. The van der Waals surface area contributed by atoms with Gasteiger partial charge in [-0.15, -0.1) is 0 Å². The zero-order valence-corrected chi connectivity index (χ0v) is 8.93. The molecule has 16 heavy (non-hydrogen) atoms. The fourth-order valence-corrected chi connectivity index (χ4v) is 1.62. The number of carboxylic acid groups (broad SMARTS) is 1. The molecule has 0 bridgehead atoms. The largest absolute Gasteiger partial charge is 0.480 e. The molecule has 5 nitrogen and oxygen atoms in total. The van der Waals surface area contributed by atoms with Crippen LogP contribution in [0.3, 0.4) is 0 Å².